The number of methoxy groups -OCH3 is 1. The van der Waals surface area contributed by atoms with Crippen molar-refractivity contribution in [3.63, 3.8) is 0 Å². The van der Waals surface area contributed by atoms with Gasteiger partial charge >= 0.3 is 24.3 Å². The van der Waals surface area contributed by atoms with Crippen molar-refractivity contribution in [2.75, 3.05) is 33.8 Å². The van der Waals surface area contributed by atoms with E-state index in [0.717, 1.165) is 40.6 Å². The fourth-order valence-electron chi connectivity index (χ4n) is 4.39. The predicted octanol–water partition coefficient (Wildman–Crippen LogP) is 5.11. The van der Waals surface area contributed by atoms with Crippen LogP contribution in [0.15, 0.2) is 66.9 Å². The molecule has 3 aromatic heterocycles. The van der Waals surface area contributed by atoms with Gasteiger partial charge in [-0.05, 0) is 68.1 Å². The molecule has 1 atom stereocenters. The maximum Gasteiger partial charge on any atom is 0.490 e. The van der Waals surface area contributed by atoms with Crippen molar-refractivity contribution in [2.24, 2.45) is 0 Å². The van der Waals surface area contributed by atoms with E-state index in [-0.39, 0.29) is 11.9 Å². The number of hydrogen-bond donors (Lipinski definition) is 2. The van der Waals surface area contributed by atoms with Crippen molar-refractivity contribution in [1.82, 2.24) is 24.2 Å². The average molecular weight is 670 g/mol. The Balaban J connectivity index is 0.000000360. The summed E-state index contributed by atoms with van der Waals surface area (Å²) in [6, 6.07) is 19.7. The van der Waals surface area contributed by atoms with E-state index in [1.807, 2.05) is 48.2 Å². The molecule has 47 heavy (non-hydrogen) atoms. The number of hydrogen-bond acceptors (Lipinski definition) is 7. The Morgan fingerprint density at radius 3 is 1.96 bits per heavy atom. The third-order valence-corrected chi connectivity index (χ3v) is 6.77. The molecule has 0 bridgehead atoms. The number of aliphatic carboxylic acids is 2. The molecule has 1 aliphatic rings. The highest BCUT2D eigenvalue weighted by Gasteiger charge is 2.39. The van der Waals surface area contributed by atoms with Gasteiger partial charge in [-0.2, -0.15) is 26.3 Å². The second-order valence-electron chi connectivity index (χ2n) is 10.1. The molecule has 0 saturated carbocycles. The fraction of sp³-hybridized carbons (Fsp3) is 0.300. The van der Waals surface area contributed by atoms with E-state index < -0.39 is 24.3 Å². The first kappa shape index (κ1) is 36.3. The van der Waals surface area contributed by atoms with Crippen LogP contribution < -0.4 is 4.74 Å². The lowest BCUT2D eigenvalue weighted by Crippen LogP contribution is -2.49. The van der Waals surface area contributed by atoms with Gasteiger partial charge in [0.05, 0.1) is 24.5 Å². The van der Waals surface area contributed by atoms with Gasteiger partial charge < -0.3 is 19.8 Å². The quantitative estimate of drug-likeness (QED) is 0.284. The van der Waals surface area contributed by atoms with E-state index in [0.29, 0.717) is 18.8 Å². The van der Waals surface area contributed by atoms with Crippen molar-refractivity contribution in [3.8, 4) is 17.0 Å². The summed E-state index contributed by atoms with van der Waals surface area (Å²) < 4.78 is 70.9. The highest BCUT2D eigenvalue weighted by molar-refractivity contribution is 5.92. The first-order valence-electron chi connectivity index (χ1n) is 13.6. The van der Waals surface area contributed by atoms with Gasteiger partial charge in [0.25, 0.3) is 5.91 Å². The lowest BCUT2D eigenvalue weighted by atomic mass is 10.1. The van der Waals surface area contributed by atoms with E-state index >= 15 is 0 Å². The van der Waals surface area contributed by atoms with Crippen LogP contribution >= 0.6 is 0 Å². The van der Waals surface area contributed by atoms with Crippen molar-refractivity contribution >= 4 is 23.5 Å². The molecular formula is C30H29F6N5O6. The zero-order chi connectivity index (χ0) is 35.1. The average Bonchev–Trinajstić information content (AvgIpc) is 3.45. The molecule has 0 radical (unpaired) electrons. The molecule has 4 aromatic rings. The van der Waals surface area contributed by atoms with Crippen molar-refractivity contribution in [2.45, 2.75) is 25.3 Å². The summed E-state index contributed by atoms with van der Waals surface area (Å²) in [6.07, 6.45) is -8.07. The standard InChI is InChI=1S/C26H27N5O2.2C2HF3O2/c1-18-6-4-7-21(27-18)26(32)30-15-14-29(2)24(17-30)22-16-31-23(8-5-9-25(31)28-22)19-10-12-20(33-3)13-11-19;2*3-2(4,5)1(6)7/h4-13,16,24H,14-15,17H2,1-3H3;2*(H,6,7). The number of halogens is 6. The molecule has 17 heteroatoms. The number of likely N-dealkylation sites (N-methyl/N-ethyl adjacent to an activating group) is 1. The lowest BCUT2D eigenvalue weighted by Gasteiger charge is -2.38. The van der Waals surface area contributed by atoms with Crippen LogP contribution in [0.25, 0.3) is 16.9 Å². The molecule has 1 aromatic carbocycles. The minimum absolute atomic E-state index is 0.0103. The Bertz CT molecular complexity index is 1680. The third kappa shape index (κ3) is 9.65. The summed E-state index contributed by atoms with van der Waals surface area (Å²) in [7, 11) is 3.76. The van der Waals surface area contributed by atoms with E-state index in [1.165, 1.54) is 0 Å². The number of rotatable bonds is 4. The number of aryl methyl sites for hydroxylation is 1. The number of carbonyl (C=O) groups is 3. The molecule has 252 valence electrons. The Kier molecular flexibility index (Phi) is 11.5. The Morgan fingerprint density at radius 2 is 1.43 bits per heavy atom. The largest absolute Gasteiger partial charge is 0.497 e. The molecule has 1 unspecified atom stereocenters. The number of piperazine rings is 1. The number of carboxylic acid groups (broad SMARTS) is 2. The van der Waals surface area contributed by atoms with Gasteiger partial charge in [0, 0.05) is 31.5 Å². The first-order valence-corrected chi connectivity index (χ1v) is 13.6. The first-order chi connectivity index (χ1) is 21.9. The normalized spacial score (nSPS) is 15.2. The maximum absolute atomic E-state index is 13.1. The third-order valence-electron chi connectivity index (χ3n) is 6.77. The number of ether oxygens (including phenoxy) is 1. The van der Waals surface area contributed by atoms with E-state index in [2.05, 4.69) is 45.7 Å². The van der Waals surface area contributed by atoms with Gasteiger partial charge in [-0.3, -0.25) is 14.1 Å². The Morgan fingerprint density at radius 1 is 0.851 bits per heavy atom. The minimum atomic E-state index is -5.08. The molecular weight excluding hydrogens is 640 g/mol. The molecule has 11 nitrogen and oxygen atoms in total. The van der Waals surface area contributed by atoms with Crippen LogP contribution in [0, 0.1) is 6.92 Å². The van der Waals surface area contributed by atoms with Crippen molar-refractivity contribution in [3.05, 3.63) is 83.9 Å². The summed E-state index contributed by atoms with van der Waals surface area (Å²) in [5.74, 6) is -4.71. The summed E-state index contributed by atoms with van der Waals surface area (Å²) in [6.45, 7) is 3.93. The van der Waals surface area contributed by atoms with Crippen LogP contribution in [-0.2, 0) is 9.59 Å². The van der Waals surface area contributed by atoms with Crippen LogP contribution in [0.4, 0.5) is 26.3 Å². The molecule has 2 N–H and O–H groups in total. The van der Waals surface area contributed by atoms with E-state index in [4.69, 9.17) is 29.5 Å². The SMILES string of the molecule is COc1ccc(-c2cccc3nc(C4CN(C(=O)c5cccc(C)n5)CCN4C)cn23)cc1.O=C(O)C(F)(F)F.O=C(O)C(F)(F)F. The van der Waals surface area contributed by atoms with Crippen LogP contribution in [0.1, 0.15) is 27.9 Å². The smallest absolute Gasteiger partial charge is 0.490 e. The fourth-order valence-corrected chi connectivity index (χ4v) is 4.39. The maximum atomic E-state index is 13.1. The predicted molar refractivity (Wildman–Crippen MR) is 155 cm³/mol. The molecule has 5 rings (SSSR count). The highest BCUT2D eigenvalue weighted by Crippen LogP contribution is 2.28. The molecule has 0 aliphatic carbocycles. The Hall–Kier alpha value is -5.19. The van der Waals surface area contributed by atoms with Crippen LogP contribution in [0.3, 0.4) is 0 Å². The molecule has 1 fully saturated rings. The number of carbonyl (C=O) groups excluding carboxylic acids is 1. The van der Waals surface area contributed by atoms with Crippen molar-refractivity contribution in [1.29, 1.82) is 0 Å². The molecule has 1 amide bonds. The summed E-state index contributed by atoms with van der Waals surface area (Å²) in [5, 5.41) is 14.2. The zero-order valence-electron chi connectivity index (χ0n) is 25.1. The van der Waals surface area contributed by atoms with Crippen LogP contribution in [0.5, 0.6) is 5.75 Å². The van der Waals surface area contributed by atoms with E-state index in [9.17, 15) is 31.1 Å². The molecule has 0 spiro atoms. The van der Waals surface area contributed by atoms with Gasteiger partial charge in [0.2, 0.25) is 0 Å². The summed E-state index contributed by atoms with van der Waals surface area (Å²) in [5.41, 5.74) is 5.32. The number of imidazole rings is 1. The van der Waals surface area contributed by atoms with Gasteiger partial charge in [-0.15, -0.1) is 0 Å². The van der Waals surface area contributed by atoms with Gasteiger partial charge in [0.15, 0.2) is 0 Å². The number of alkyl halides is 6. The van der Waals surface area contributed by atoms with Crippen molar-refractivity contribution < 1.29 is 55.7 Å². The molecule has 1 saturated heterocycles. The van der Waals surface area contributed by atoms with Gasteiger partial charge in [-0.1, -0.05) is 12.1 Å². The molecule has 1 aliphatic heterocycles. The van der Waals surface area contributed by atoms with Crippen LogP contribution in [-0.4, -0.2) is 98.4 Å². The van der Waals surface area contributed by atoms with E-state index in [1.54, 1.807) is 13.2 Å². The number of benzene rings is 1. The number of pyridine rings is 2. The second-order valence-corrected chi connectivity index (χ2v) is 10.1. The summed E-state index contributed by atoms with van der Waals surface area (Å²) >= 11 is 0. The highest BCUT2D eigenvalue weighted by atomic mass is 19.4. The number of fused-ring (bicyclic) bond motifs is 1. The second kappa shape index (κ2) is 14.9. The zero-order valence-corrected chi connectivity index (χ0v) is 25.1. The lowest BCUT2D eigenvalue weighted by molar-refractivity contribution is -0.193. The van der Waals surface area contributed by atoms with Gasteiger partial charge in [-0.25, -0.2) is 19.6 Å². The van der Waals surface area contributed by atoms with Crippen LogP contribution in [0.2, 0.25) is 0 Å². The number of aromatic nitrogens is 3. The number of nitrogens with zero attached hydrogens (tertiary/aromatic N) is 5. The minimum Gasteiger partial charge on any atom is -0.497 e. The Labute approximate surface area is 263 Å². The number of carboxylic acids is 2. The summed E-state index contributed by atoms with van der Waals surface area (Å²) in [4.78, 5) is 44.4. The number of amides is 1. The van der Waals surface area contributed by atoms with Gasteiger partial charge in [0.1, 0.15) is 17.1 Å². The monoisotopic (exact) mass is 669 g/mol. The molecule has 4 heterocycles. The topological polar surface area (TPSA) is 138 Å².